The Balaban J connectivity index is 2.04. The van der Waals surface area contributed by atoms with Crippen molar-refractivity contribution in [2.75, 3.05) is 19.5 Å². The van der Waals surface area contributed by atoms with Gasteiger partial charge in [0.15, 0.2) is 5.82 Å². The van der Waals surface area contributed by atoms with E-state index < -0.39 is 18.2 Å². The molecular weight excluding hydrogens is 262 g/mol. The van der Waals surface area contributed by atoms with E-state index >= 15 is 0 Å². The number of methoxy groups -OCH3 is 1. The van der Waals surface area contributed by atoms with E-state index in [0.29, 0.717) is 16.9 Å². The first-order chi connectivity index (χ1) is 9.67. The van der Waals surface area contributed by atoms with Gasteiger partial charge < -0.3 is 31.0 Å². The number of H-pyrrole nitrogens is 1. The van der Waals surface area contributed by atoms with Crippen molar-refractivity contribution in [3.63, 3.8) is 0 Å². The Morgan fingerprint density at radius 2 is 2.25 bits per heavy atom. The summed E-state index contributed by atoms with van der Waals surface area (Å²) in [6.07, 6.45) is 1.90. The molecule has 2 aromatic heterocycles. The standard InChI is InChI=1S/C12H17N5O3/c1-20-11-8(17-6(3-18)10(11)19)5-2-14-9-7(5)15-4-16-12(9)13/h2,4,6,8,10-11,14,17-19H,3H2,1H3,(H2,13,15,16). The van der Waals surface area contributed by atoms with Crippen LogP contribution in [0.4, 0.5) is 5.82 Å². The van der Waals surface area contributed by atoms with Gasteiger partial charge in [0.2, 0.25) is 0 Å². The van der Waals surface area contributed by atoms with Crippen LogP contribution < -0.4 is 11.1 Å². The highest BCUT2D eigenvalue weighted by Gasteiger charge is 2.43. The van der Waals surface area contributed by atoms with Gasteiger partial charge in [0.25, 0.3) is 0 Å². The fourth-order valence-corrected chi connectivity index (χ4v) is 2.77. The molecule has 4 atom stereocenters. The van der Waals surface area contributed by atoms with E-state index in [1.54, 1.807) is 6.20 Å². The summed E-state index contributed by atoms with van der Waals surface area (Å²) in [6.45, 7) is -0.170. The Morgan fingerprint density at radius 1 is 1.45 bits per heavy atom. The number of rotatable bonds is 3. The summed E-state index contributed by atoms with van der Waals surface area (Å²) < 4.78 is 5.36. The summed E-state index contributed by atoms with van der Waals surface area (Å²) in [5.74, 6) is 0.368. The number of anilines is 1. The van der Waals surface area contributed by atoms with Crippen molar-refractivity contribution in [2.24, 2.45) is 0 Å². The molecule has 0 aliphatic carbocycles. The SMILES string of the molecule is COC1C(c2c[nH]c3c(N)ncnc23)NC(CO)C1O. The molecular formula is C12H17N5O3. The van der Waals surface area contributed by atoms with Crippen LogP contribution in [0.15, 0.2) is 12.5 Å². The number of aliphatic hydroxyl groups excluding tert-OH is 2. The van der Waals surface area contributed by atoms with Crippen molar-refractivity contribution in [1.82, 2.24) is 20.3 Å². The predicted molar refractivity (Wildman–Crippen MR) is 71.9 cm³/mol. The van der Waals surface area contributed by atoms with Gasteiger partial charge in [-0.1, -0.05) is 0 Å². The molecule has 1 saturated heterocycles. The van der Waals surface area contributed by atoms with Gasteiger partial charge in [-0.05, 0) is 0 Å². The van der Waals surface area contributed by atoms with Crippen molar-refractivity contribution in [3.8, 4) is 0 Å². The van der Waals surface area contributed by atoms with Gasteiger partial charge in [0.05, 0.1) is 30.3 Å². The van der Waals surface area contributed by atoms with Crippen LogP contribution in [-0.2, 0) is 4.74 Å². The number of nitrogens with two attached hydrogens (primary N) is 1. The van der Waals surface area contributed by atoms with E-state index in [9.17, 15) is 10.2 Å². The number of nitrogens with zero attached hydrogens (tertiary/aromatic N) is 2. The molecule has 3 rings (SSSR count). The van der Waals surface area contributed by atoms with Crippen molar-refractivity contribution in [3.05, 3.63) is 18.1 Å². The molecule has 108 valence electrons. The lowest BCUT2D eigenvalue weighted by molar-refractivity contribution is -0.00943. The molecule has 0 amide bonds. The van der Waals surface area contributed by atoms with Crippen LogP contribution in [0, 0.1) is 0 Å². The van der Waals surface area contributed by atoms with Crippen molar-refractivity contribution < 1.29 is 14.9 Å². The Hall–Kier alpha value is -1.74. The third kappa shape index (κ3) is 1.85. The quantitative estimate of drug-likeness (QED) is 0.483. The molecule has 0 saturated carbocycles. The van der Waals surface area contributed by atoms with Gasteiger partial charge >= 0.3 is 0 Å². The monoisotopic (exact) mass is 279 g/mol. The van der Waals surface area contributed by atoms with E-state index in [2.05, 4.69) is 20.3 Å². The highest BCUT2D eigenvalue weighted by Crippen LogP contribution is 2.33. The zero-order valence-corrected chi connectivity index (χ0v) is 10.9. The number of ether oxygens (including phenoxy) is 1. The first-order valence-electron chi connectivity index (χ1n) is 6.32. The fraction of sp³-hybridized carbons (Fsp3) is 0.500. The maximum absolute atomic E-state index is 10.1. The van der Waals surface area contributed by atoms with Gasteiger partial charge in [-0.2, -0.15) is 0 Å². The number of aliphatic hydroxyl groups is 2. The number of aromatic amines is 1. The summed E-state index contributed by atoms with van der Waals surface area (Å²) in [5.41, 5.74) is 7.96. The van der Waals surface area contributed by atoms with Crippen LogP contribution in [-0.4, -0.2) is 57.1 Å². The van der Waals surface area contributed by atoms with Gasteiger partial charge in [-0.25, -0.2) is 9.97 Å². The van der Waals surface area contributed by atoms with E-state index in [4.69, 9.17) is 10.5 Å². The number of hydrogen-bond acceptors (Lipinski definition) is 7. The van der Waals surface area contributed by atoms with Gasteiger partial charge in [-0.15, -0.1) is 0 Å². The number of aromatic nitrogens is 3. The molecule has 3 heterocycles. The fourth-order valence-electron chi connectivity index (χ4n) is 2.77. The highest BCUT2D eigenvalue weighted by atomic mass is 16.5. The Labute approximate surface area is 115 Å². The number of nitrogens with one attached hydrogen (secondary N) is 2. The largest absolute Gasteiger partial charge is 0.395 e. The Kier molecular flexibility index (Phi) is 3.30. The van der Waals surface area contributed by atoms with Gasteiger partial charge in [0, 0.05) is 18.9 Å². The number of fused-ring (bicyclic) bond motifs is 1. The first-order valence-corrected chi connectivity index (χ1v) is 6.32. The zero-order chi connectivity index (χ0) is 14.3. The molecule has 8 heteroatoms. The average molecular weight is 279 g/mol. The molecule has 0 radical (unpaired) electrons. The summed E-state index contributed by atoms with van der Waals surface area (Å²) in [7, 11) is 1.53. The molecule has 0 spiro atoms. The molecule has 20 heavy (non-hydrogen) atoms. The molecule has 0 bridgehead atoms. The average Bonchev–Trinajstić information content (AvgIpc) is 3.00. The van der Waals surface area contributed by atoms with Crippen LogP contribution in [0.3, 0.4) is 0 Å². The van der Waals surface area contributed by atoms with Crippen molar-refractivity contribution in [2.45, 2.75) is 24.3 Å². The number of hydrogen-bond donors (Lipinski definition) is 5. The smallest absolute Gasteiger partial charge is 0.151 e. The van der Waals surface area contributed by atoms with Crippen LogP contribution in [0.2, 0.25) is 0 Å². The minimum absolute atomic E-state index is 0.170. The van der Waals surface area contributed by atoms with Gasteiger partial charge in [-0.3, -0.25) is 0 Å². The molecule has 6 N–H and O–H groups in total. The molecule has 1 aliphatic heterocycles. The topological polar surface area (TPSA) is 129 Å². The van der Waals surface area contributed by atoms with E-state index in [1.165, 1.54) is 13.4 Å². The second-order valence-corrected chi connectivity index (χ2v) is 4.85. The summed E-state index contributed by atoms with van der Waals surface area (Å²) in [5, 5.41) is 22.6. The maximum atomic E-state index is 10.1. The minimum atomic E-state index is -0.792. The van der Waals surface area contributed by atoms with Crippen LogP contribution in [0.1, 0.15) is 11.6 Å². The number of nitrogen functional groups attached to an aromatic ring is 1. The van der Waals surface area contributed by atoms with E-state index in [0.717, 1.165) is 5.56 Å². The molecule has 4 unspecified atom stereocenters. The van der Waals surface area contributed by atoms with Crippen LogP contribution in [0.25, 0.3) is 11.0 Å². The maximum Gasteiger partial charge on any atom is 0.151 e. The zero-order valence-electron chi connectivity index (χ0n) is 10.9. The first kappa shape index (κ1) is 13.3. The lowest BCUT2D eigenvalue weighted by atomic mass is 10.0. The van der Waals surface area contributed by atoms with Crippen LogP contribution in [0.5, 0.6) is 0 Å². The second-order valence-electron chi connectivity index (χ2n) is 4.85. The Bertz CT molecular complexity index is 616. The molecule has 1 aliphatic rings. The summed E-state index contributed by atoms with van der Waals surface area (Å²) >= 11 is 0. The molecule has 0 aromatic carbocycles. The second kappa shape index (κ2) is 4.98. The van der Waals surface area contributed by atoms with E-state index in [-0.39, 0.29) is 12.6 Å². The highest BCUT2D eigenvalue weighted by molar-refractivity contribution is 5.87. The van der Waals surface area contributed by atoms with Crippen LogP contribution >= 0.6 is 0 Å². The van der Waals surface area contributed by atoms with E-state index in [1.807, 2.05) is 0 Å². The predicted octanol–water partition coefficient (Wildman–Crippen LogP) is -1.08. The van der Waals surface area contributed by atoms with Gasteiger partial charge in [0.1, 0.15) is 17.9 Å². The lowest BCUT2D eigenvalue weighted by Crippen LogP contribution is -2.36. The third-order valence-electron chi connectivity index (χ3n) is 3.80. The minimum Gasteiger partial charge on any atom is -0.395 e. The summed E-state index contributed by atoms with van der Waals surface area (Å²) in [4.78, 5) is 11.2. The summed E-state index contributed by atoms with van der Waals surface area (Å²) in [6, 6.07) is -0.718. The molecule has 2 aromatic rings. The van der Waals surface area contributed by atoms with Crippen molar-refractivity contribution in [1.29, 1.82) is 0 Å². The lowest BCUT2D eigenvalue weighted by Gasteiger charge is -2.19. The molecule has 8 nitrogen and oxygen atoms in total. The normalized spacial score (nSPS) is 30.1. The Morgan fingerprint density at radius 3 is 2.95 bits per heavy atom. The van der Waals surface area contributed by atoms with Crippen molar-refractivity contribution >= 4 is 16.9 Å². The third-order valence-corrected chi connectivity index (χ3v) is 3.80. The molecule has 1 fully saturated rings.